The summed E-state index contributed by atoms with van der Waals surface area (Å²) in [6.45, 7) is 0. The molecular formula is C13H15O3S-. The molecule has 17 heavy (non-hydrogen) atoms. The highest BCUT2D eigenvalue weighted by Crippen LogP contribution is 2.42. The number of Topliss-reactive ketones (excluding diaryl/α,β-unsaturated/α-hetero) is 1. The zero-order chi connectivity index (χ0) is 12.3. The Morgan fingerprint density at radius 3 is 2.88 bits per heavy atom. The first-order chi connectivity index (χ1) is 8.15. The summed E-state index contributed by atoms with van der Waals surface area (Å²) in [5.41, 5.74) is -0.549. The topological polar surface area (TPSA) is 57.2 Å². The molecule has 92 valence electrons. The molecular weight excluding hydrogens is 236 g/mol. The van der Waals surface area contributed by atoms with Crippen LogP contribution in [0, 0.1) is 0 Å². The van der Waals surface area contributed by atoms with Crippen LogP contribution in [0.3, 0.4) is 0 Å². The van der Waals surface area contributed by atoms with Gasteiger partial charge in [0.2, 0.25) is 0 Å². The van der Waals surface area contributed by atoms with Gasteiger partial charge in [0.1, 0.15) is 5.78 Å². The Labute approximate surface area is 104 Å². The molecule has 0 aromatic carbocycles. The molecule has 0 radical (unpaired) electrons. The second-order valence-electron chi connectivity index (χ2n) is 4.56. The minimum atomic E-state index is -1.07. The van der Waals surface area contributed by atoms with Crippen LogP contribution in [0.1, 0.15) is 43.4 Å². The number of carbonyl (C=O) groups excluding carboxylic acids is 2. The number of hydrogen-bond donors (Lipinski definition) is 0. The van der Waals surface area contributed by atoms with Gasteiger partial charge in [-0.05, 0) is 37.1 Å². The molecule has 0 bridgehead atoms. The van der Waals surface area contributed by atoms with Crippen molar-refractivity contribution in [2.24, 2.45) is 0 Å². The fourth-order valence-corrected chi connectivity index (χ4v) is 3.61. The van der Waals surface area contributed by atoms with Crippen molar-refractivity contribution < 1.29 is 14.7 Å². The molecule has 1 aliphatic rings. The highest BCUT2D eigenvalue weighted by molar-refractivity contribution is 7.10. The van der Waals surface area contributed by atoms with Gasteiger partial charge in [-0.2, -0.15) is 0 Å². The fraction of sp³-hybridized carbons (Fsp3) is 0.538. The quantitative estimate of drug-likeness (QED) is 0.817. The molecule has 0 N–H and O–H groups in total. The maximum atomic E-state index is 12.2. The summed E-state index contributed by atoms with van der Waals surface area (Å²) < 4.78 is 0. The first-order valence-electron chi connectivity index (χ1n) is 5.92. The number of carboxylic acids is 1. The van der Waals surface area contributed by atoms with Crippen molar-refractivity contribution >= 4 is 23.1 Å². The van der Waals surface area contributed by atoms with Gasteiger partial charge < -0.3 is 9.90 Å². The summed E-state index contributed by atoms with van der Waals surface area (Å²) in [5, 5.41) is 12.6. The molecule has 1 saturated carbocycles. The van der Waals surface area contributed by atoms with E-state index in [1.54, 1.807) is 11.3 Å². The van der Waals surface area contributed by atoms with Crippen molar-refractivity contribution in [3.05, 3.63) is 22.4 Å². The van der Waals surface area contributed by atoms with Gasteiger partial charge in [-0.3, -0.25) is 4.79 Å². The van der Waals surface area contributed by atoms with Gasteiger partial charge in [0.25, 0.3) is 0 Å². The molecule has 0 spiro atoms. The largest absolute Gasteiger partial charge is 0.550 e. The van der Waals surface area contributed by atoms with Crippen LogP contribution in [0.5, 0.6) is 0 Å². The lowest BCUT2D eigenvalue weighted by Gasteiger charge is -2.35. The van der Waals surface area contributed by atoms with Gasteiger partial charge in [0.15, 0.2) is 0 Å². The van der Waals surface area contributed by atoms with Crippen molar-refractivity contribution in [1.29, 1.82) is 0 Å². The third-order valence-corrected chi connectivity index (χ3v) is 4.61. The summed E-state index contributed by atoms with van der Waals surface area (Å²) >= 11 is 1.55. The minimum absolute atomic E-state index is 0.0381. The van der Waals surface area contributed by atoms with E-state index in [9.17, 15) is 14.7 Å². The second kappa shape index (κ2) is 5.00. The maximum Gasteiger partial charge on any atom is 0.144 e. The number of carbonyl (C=O) groups is 2. The van der Waals surface area contributed by atoms with Crippen LogP contribution in [0.4, 0.5) is 0 Å². The van der Waals surface area contributed by atoms with Crippen LogP contribution in [-0.4, -0.2) is 11.8 Å². The zero-order valence-electron chi connectivity index (χ0n) is 9.61. The Hall–Kier alpha value is -1.16. The van der Waals surface area contributed by atoms with E-state index in [0.29, 0.717) is 12.8 Å². The maximum absolute atomic E-state index is 12.2. The van der Waals surface area contributed by atoms with Crippen molar-refractivity contribution in [3.8, 4) is 0 Å². The van der Waals surface area contributed by atoms with E-state index >= 15 is 0 Å². The number of ketones is 1. The molecule has 2 rings (SSSR count). The molecule has 3 nitrogen and oxygen atoms in total. The van der Waals surface area contributed by atoms with Crippen LogP contribution >= 0.6 is 11.3 Å². The van der Waals surface area contributed by atoms with Crippen LogP contribution in [-0.2, 0) is 15.0 Å². The number of thiophene rings is 1. The third kappa shape index (κ3) is 2.41. The lowest BCUT2D eigenvalue weighted by molar-refractivity contribution is -0.306. The van der Waals surface area contributed by atoms with E-state index in [0.717, 1.165) is 24.1 Å². The van der Waals surface area contributed by atoms with E-state index < -0.39 is 11.4 Å². The van der Waals surface area contributed by atoms with E-state index in [2.05, 4.69) is 0 Å². The lowest BCUT2D eigenvalue weighted by Crippen LogP contribution is -2.39. The number of rotatable bonds is 4. The van der Waals surface area contributed by atoms with E-state index in [4.69, 9.17) is 0 Å². The van der Waals surface area contributed by atoms with Crippen molar-refractivity contribution in [1.82, 2.24) is 0 Å². The van der Waals surface area contributed by atoms with Crippen molar-refractivity contribution in [2.75, 3.05) is 0 Å². The molecule has 1 unspecified atom stereocenters. The highest BCUT2D eigenvalue weighted by Gasteiger charge is 2.41. The Morgan fingerprint density at radius 1 is 1.47 bits per heavy atom. The molecule has 0 aliphatic heterocycles. The van der Waals surface area contributed by atoms with Crippen LogP contribution in [0.25, 0.3) is 0 Å². The summed E-state index contributed by atoms with van der Waals surface area (Å²) in [6, 6.07) is 3.87. The minimum Gasteiger partial charge on any atom is -0.550 e. The van der Waals surface area contributed by atoms with E-state index in [1.807, 2.05) is 17.5 Å². The lowest BCUT2D eigenvalue weighted by atomic mass is 9.69. The fourth-order valence-electron chi connectivity index (χ4n) is 2.61. The summed E-state index contributed by atoms with van der Waals surface area (Å²) in [5.74, 6) is -0.869. The molecule has 0 amide bonds. The van der Waals surface area contributed by atoms with E-state index in [1.165, 1.54) is 0 Å². The number of hydrogen-bond acceptors (Lipinski definition) is 4. The highest BCUT2D eigenvalue weighted by atomic mass is 32.1. The number of aliphatic carboxylic acids is 1. The molecule has 1 fully saturated rings. The second-order valence-corrected chi connectivity index (χ2v) is 5.51. The van der Waals surface area contributed by atoms with Gasteiger partial charge >= 0.3 is 0 Å². The molecule has 4 heteroatoms. The van der Waals surface area contributed by atoms with Crippen LogP contribution in [0.2, 0.25) is 0 Å². The molecule has 1 aromatic heterocycles. The summed E-state index contributed by atoms with van der Waals surface area (Å²) in [4.78, 5) is 23.9. The van der Waals surface area contributed by atoms with Gasteiger partial charge in [0, 0.05) is 17.3 Å². The predicted molar refractivity (Wildman–Crippen MR) is 63.7 cm³/mol. The van der Waals surface area contributed by atoms with E-state index in [-0.39, 0.29) is 12.2 Å². The predicted octanol–water partition coefficient (Wildman–Crippen LogP) is 1.66. The van der Waals surface area contributed by atoms with Gasteiger partial charge in [0.05, 0.1) is 5.41 Å². The Balaban J connectivity index is 2.28. The monoisotopic (exact) mass is 251 g/mol. The summed E-state index contributed by atoms with van der Waals surface area (Å²) in [6.07, 6.45) is 3.62. The Bertz CT molecular complexity index is 410. The molecule has 1 aromatic rings. The zero-order valence-corrected chi connectivity index (χ0v) is 10.4. The molecule has 0 saturated heterocycles. The molecule has 1 aliphatic carbocycles. The Kier molecular flexibility index (Phi) is 3.62. The van der Waals surface area contributed by atoms with Crippen molar-refractivity contribution in [3.63, 3.8) is 0 Å². The normalized spacial score (nSPS) is 24.8. The summed E-state index contributed by atoms with van der Waals surface area (Å²) in [7, 11) is 0. The SMILES string of the molecule is O=C([O-])CCC1(c2cccs2)CCCCC1=O. The van der Waals surface area contributed by atoms with Gasteiger partial charge in [-0.25, -0.2) is 0 Å². The smallest absolute Gasteiger partial charge is 0.144 e. The van der Waals surface area contributed by atoms with Gasteiger partial charge in [-0.15, -0.1) is 11.3 Å². The number of carboxylic acid groups (broad SMARTS) is 1. The average molecular weight is 251 g/mol. The van der Waals surface area contributed by atoms with Gasteiger partial charge in [-0.1, -0.05) is 12.5 Å². The molecule has 1 atom stereocenters. The first kappa shape index (κ1) is 12.3. The third-order valence-electron chi connectivity index (χ3n) is 3.54. The standard InChI is InChI=1S/C13H16O3S/c14-10-4-1-2-7-13(10,8-6-12(15)16)11-5-3-9-17-11/h3,5,9H,1-2,4,6-8H2,(H,15,16)/p-1. The Morgan fingerprint density at radius 2 is 2.29 bits per heavy atom. The van der Waals surface area contributed by atoms with Crippen LogP contribution in [0.15, 0.2) is 17.5 Å². The van der Waals surface area contributed by atoms with Crippen LogP contribution < -0.4 is 5.11 Å². The average Bonchev–Trinajstić information content (AvgIpc) is 2.82. The van der Waals surface area contributed by atoms with Crippen molar-refractivity contribution in [2.45, 2.75) is 43.9 Å². The first-order valence-corrected chi connectivity index (χ1v) is 6.80. The molecule has 1 heterocycles.